The minimum Gasteiger partial charge on any atom is -0.494 e. The predicted molar refractivity (Wildman–Crippen MR) is 155 cm³/mol. The molecule has 3 atom stereocenters. The smallest absolute Gasteiger partial charge is 0.274 e. The van der Waals surface area contributed by atoms with Gasteiger partial charge in [0, 0.05) is 24.3 Å². The Labute approximate surface area is 239 Å². The summed E-state index contributed by atoms with van der Waals surface area (Å²) in [7, 11) is 1.50. The Morgan fingerprint density at radius 2 is 1.85 bits per heavy atom. The van der Waals surface area contributed by atoms with Gasteiger partial charge in [-0.15, -0.1) is 0 Å². The summed E-state index contributed by atoms with van der Waals surface area (Å²) in [6.45, 7) is 11.4. The zero-order valence-corrected chi connectivity index (χ0v) is 25.3. The summed E-state index contributed by atoms with van der Waals surface area (Å²) in [6, 6.07) is 5.33. The summed E-state index contributed by atoms with van der Waals surface area (Å²) in [5.41, 5.74) is 3.73. The molecule has 2 heterocycles. The Balaban J connectivity index is 0.000000226. The zero-order chi connectivity index (χ0) is 29.2. The van der Waals surface area contributed by atoms with Crippen LogP contribution in [0.2, 0.25) is 0 Å². The van der Waals surface area contributed by atoms with Crippen molar-refractivity contribution in [2.24, 2.45) is 5.92 Å². The van der Waals surface area contributed by atoms with Gasteiger partial charge in [0.05, 0.1) is 25.9 Å². The average molecular weight is 558 g/mol. The van der Waals surface area contributed by atoms with Gasteiger partial charge < -0.3 is 14.4 Å². The van der Waals surface area contributed by atoms with Crippen molar-refractivity contribution in [3.63, 3.8) is 0 Å². The SMILES string of the molecule is CC(=O)Cn1nc(C(=O)N2CC(C)OC(C)C2)c2c1CCC2.CCCCC(CCC)Cc1ccc(OC)c(F)c1. The van der Waals surface area contributed by atoms with E-state index in [0.717, 1.165) is 42.5 Å². The normalized spacial score (nSPS) is 19.0. The minimum absolute atomic E-state index is 0.0255. The Bertz CT molecular complexity index is 1120. The van der Waals surface area contributed by atoms with E-state index in [2.05, 4.69) is 18.9 Å². The van der Waals surface area contributed by atoms with Crippen molar-refractivity contribution < 1.29 is 23.5 Å². The molecule has 1 aromatic heterocycles. The number of morpholine rings is 1. The van der Waals surface area contributed by atoms with Crippen molar-refractivity contribution in [3.05, 3.63) is 46.5 Å². The number of hydrogen-bond donors (Lipinski definition) is 0. The van der Waals surface area contributed by atoms with E-state index in [1.165, 1.54) is 39.2 Å². The third-order valence-electron chi connectivity index (χ3n) is 7.69. The lowest BCUT2D eigenvalue weighted by Crippen LogP contribution is -2.48. The molecule has 1 amide bonds. The van der Waals surface area contributed by atoms with Gasteiger partial charge in [-0.25, -0.2) is 4.39 Å². The third kappa shape index (κ3) is 8.63. The van der Waals surface area contributed by atoms with Crippen LogP contribution < -0.4 is 4.74 Å². The molecule has 1 aromatic carbocycles. The van der Waals surface area contributed by atoms with E-state index in [9.17, 15) is 14.0 Å². The maximum Gasteiger partial charge on any atom is 0.274 e. The van der Waals surface area contributed by atoms with Gasteiger partial charge in [0.2, 0.25) is 0 Å². The number of Topliss-reactive ketones (excluding diaryl/α,β-unsaturated/α-hetero) is 1. The van der Waals surface area contributed by atoms with E-state index in [4.69, 9.17) is 9.47 Å². The van der Waals surface area contributed by atoms with Crippen LogP contribution >= 0.6 is 0 Å². The molecule has 40 heavy (non-hydrogen) atoms. The molecule has 4 rings (SSSR count). The molecule has 0 N–H and O–H groups in total. The largest absolute Gasteiger partial charge is 0.494 e. The number of carbonyl (C=O) groups excluding carboxylic acids is 2. The van der Waals surface area contributed by atoms with Gasteiger partial charge in [-0.3, -0.25) is 14.3 Å². The first kappa shape index (κ1) is 31.8. The average Bonchev–Trinajstić information content (AvgIpc) is 3.51. The van der Waals surface area contributed by atoms with Gasteiger partial charge in [0.1, 0.15) is 0 Å². The van der Waals surface area contributed by atoms with Crippen molar-refractivity contribution in [3.8, 4) is 5.75 Å². The van der Waals surface area contributed by atoms with Crippen LogP contribution in [0.4, 0.5) is 4.39 Å². The second-order valence-corrected chi connectivity index (χ2v) is 11.4. The molecule has 3 unspecified atom stereocenters. The van der Waals surface area contributed by atoms with E-state index in [0.29, 0.717) is 30.5 Å². The summed E-state index contributed by atoms with van der Waals surface area (Å²) in [5.74, 6) is 0.801. The number of methoxy groups -OCH3 is 1. The molecule has 2 aromatic rings. The van der Waals surface area contributed by atoms with Crippen molar-refractivity contribution in [2.75, 3.05) is 20.2 Å². The van der Waals surface area contributed by atoms with Crippen molar-refractivity contribution in [2.45, 2.75) is 111 Å². The van der Waals surface area contributed by atoms with Gasteiger partial charge in [0.15, 0.2) is 23.0 Å². The number of carbonyl (C=O) groups is 2. The van der Waals surface area contributed by atoms with E-state index in [1.807, 2.05) is 24.8 Å². The molecular formula is C32H48FN3O4. The van der Waals surface area contributed by atoms with Gasteiger partial charge in [0.25, 0.3) is 5.91 Å². The molecule has 8 heteroatoms. The topological polar surface area (TPSA) is 73.7 Å². The first-order chi connectivity index (χ1) is 19.2. The van der Waals surface area contributed by atoms with Crippen LogP contribution in [0, 0.1) is 11.7 Å². The van der Waals surface area contributed by atoms with E-state index >= 15 is 0 Å². The Morgan fingerprint density at radius 3 is 2.45 bits per heavy atom. The highest BCUT2D eigenvalue weighted by atomic mass is 19.1. The number of hydrogen-bond acceptors (Lipinski definition) is 5. The number of rotatable bonds is 11. The lowest BCUT2D eigenvalue weighted by molar-refractivity contribution is -0.117. The lowest BCUT2D eigenvalue weighted by atomic mass is 9.90. The van der Waals surface area contributed by atoms with Gasteiger partial charge in [-0.1, -0.05) is 52.0 Å². The molecule has 0 saturated carbocycles. The van der Waals surface area contributed by atoms with Crippen LogP contribution in [0.15, 0.2) is 18.2 Å². The van der Waals surface area contributed by atoms with Crippen LogP contribution in [-0.4, -0.2) is 58.8 Å². The molecule has 222 valence electrons. The molecule has 1 aliphatic carbocycles. The number of ether oxygens (including phenoxy) is 2. The maximum absolute atomic E-state index is 13.6. The number of unbranched alkanes of at least 4 members (excludes halogenated alkanes) is 1. The van der Waals surface area contributed by atoms with Crippen LogP contribution in [0.25, 0.3) is 0 Å². The highest BCUT2D eigenvalue weighted by Gasteiger charge is 2.32. The quantitative estimate of drug-likeness (QED) is 0.329. The summed E-state index contributed by atoms with van der Waals surface area (Å²) < 4.78 is 26.0. The second kappa shape index (κ2) is 15.3. The number of benzene rings is 1. The lowest BCUT2D eigenvalue weighted by Gasteiger charge is -2.35. The van der Waals surface area contributed by atoms with E-state index in [1.54, 1.807) is 23.7 Å². The molecule has 7 nitrogen and oxygen atoms in total. The van der Waals surface area contributed by atoms with Gasteiger partial charge in [-0.2, -0.15) is 5.10 Å². The fourth-order valence-corrected chi connectivity index (χ4v) is 5.94. The molecule has 2 aliphatic rings. The van der Waals surface area contributed by atoms with E-state index < -0.39 is 0 Å². The van der Waals surface area contributed by atoms with Crippen LogP contribution in [0.5, 0.6) is 5.75 Å². The molecule has 1 saturated heterocycles. The maximum atomic E-state index is 13.6. The number of ketones is 1. The highest BCUT2D eigenvalue weighted by molar-refractivity contribution is 5.94. The fourth-order valence-electron chi connectivity index (χ4n) is 5.94. The molecule has 1 fully saturated rings. The zero-order valence-electron chi connectivity index (χ0n) is 25.3. The van der Waals surface area contributed by atoms with Crippen LogP contribution in [-0.2, 0) is 35.3 Å². The summed E-state index contributed by atoms with van der Waals surface area (Å²) in [6.07, 6.45) is 10.1. The Morgan fingerprint density at radius 1 is 1.12 bits per heavy atom. The predicted octanol–water partition coefficient (Wildman–Crippen LogP) is 6.19. The third-order valence-corrected chi connectivity index (χ3v) is 7.69. The first-order valence-corrected chi connectivity index (χ1v) is 15.0. The van der Waals surface area contributed by atoms with Crippen molar-refractivity contribution >= 4 is 11.7 Å². The summed E-state index contributed by atoms with van der Waals surface area (Å²) in [4.78, 5) is 26.1. The summed E-state index contributed by atoms with van der Waals surface area (Å²) in [5, 5.41) is 4.46. The van der Waals surface area contributed by atoms with Crippen molar-refractivity contribution in [1.29, 1.82) is 0 Å². The highest BCUT2D eigenvalue weighted by Crippen LogP contribution is 2.27. The summed E-state index contributed by atoms with van der Waals surface area (Å²) >= 11 is 0. The Kier molecular flexibility index (Phi) is 12.2. The monoisotopic (exact) mass is 557 g/mol. The van der Waals surface area contributed by atoms with Crippen LogP contribution in [0.3, 0.4) is 0 Å². The standard InChI is InChI=1S/C16H25FO.C16H23N3O3/c1-4-6-8-13(7-5-2)11-14-9-10-16(18-3)15(17)12-14;1-10(20)7-19-14-6-4-5-13(14)15(17-19)16(21)18-8-11(2)22-12(3)9-18/h9-10,12-13H,4-8,11H2,1-3H3;11-12H,4-9H2,1-3H3. The molecule has 0 radical (unpaired) electrons. The fraction of sp³-hybridized carbons (Fsp3) is 0.656. The first-order valence-electron chi connectivity index (χ1n) is 15.0. The molecule has 0 spiro atoms. The van der Waals surface area contributed by atoms with Crippen molar-refractivity contribution in [1.82, 2.24) is 14.7 Å². The molecule has 1 aliphatic heterocycles. The molecular weight excluding hydrogens is 509 g/mol. The van der Waals surface area contributed by atoms with Crippen LogP contribution in [0.1, 0.15) is 100 Å². The van der Waals surface area contributed by atoms with E-state index in [-0.39, 0.29) is 36.3 Å². The molecule has 0 bridgehead atoms. The second-order valence-electron chi connectivity index (χ2n) is 11.4. The van der Waals surface area contributed by atoms with Gasteiger partial charge >= 0.3 is 0 Å². The number of halogens is 1. The Hall–Kier alpha value is -2.74. The number of nitrogens with zero attached hydrogens (tertiary/aromatic N) is 3. The number of aromatic nitrogens is 2. The minimum atomic E-state index is -0.249. The van der Waals surface area contributed by atoms with Gasteiger partial charge in [-0.05, 0) is 70.1 Å². The number of amides is 1. The number of fused-ring (bicyclic) bond motifs is 1.